The Morgan fingerprint density at radius 1 is 1.44 bits per heavy atom. The van der Waals surface area contributed by atoms with E-state index in [2.05, 4.69) is 33.8 Å². The second-order valence-electron chi connectivity index (χ2n) is 6.78. The molecule has 25 heavy (non-hydrogen) atoms. The molecular weight excluding hydrogens is 312 g/mol. The average Bonchev–Trinajstić information content (AvgIpc) is 3.49. The van der Waals surface area contributed by atoms with Gasteiger partial charge in [-0.3, -0.25) is 4.99 Å². The van der Waals surface area contributed by atoms with Crippen molar-refractivity contribution in [3.63, 3.8) is 0 Å². The van der Waals surface area contributed by atoms with E-state index in [4.69, 9.17) is 10.6 Å². The second kappa shape index (κ2) is 8.77. The van der Waals surface area contributed by atoms with Crippen LogP contribution in [0.1, 0.15) is 56.2 Å². The summed E-state index contributed by atoms with van der Waals surface area (Å²) in [4.78, 5) is 8.83. The Hall–Kier alpha value is -2.19. The number of aliphatic imine (C=N–C) groups is 1. The van der Waals surface area contributed by atoms with Gasteiger partial charge < -0.3 is 10.6 Å². The van der Waals surface area contributed by atoms with Gasteiger partial charge in [-0.15, -0.1) is 0 Å². The maximum Gasteiger partial charge on any atom is 0.113 e. The molecule has 2 N–H and O–H groups in total. The van der Waals surface area contributed by atoms with Gasteiger partial charge in [0.25, 0.3) is 0 Å². The third kappa shape index (κ3) is 5.40. The van der Waals surface area contributed by atoms with E-state index in [9.17, 15) is 0 Å². The topological polar surface area (TPSA) is 72.9 Å². The Morgan fingerprint density at radius 3 is 3.04 bits per heavy atom. The van der Waals surface area contributed by atoms with E-state index in [1.54, 1.807) is 12.4 Å². The second-order valence-corrected chi connectivity index (χ2v) is 6.78. The number of nitrogens with two attached hydrogens (primary N) is 1. The standard InChI is InChI=1S/C20H26N4O/c1-15(17-9-10-23-18(12-17)8-7-16-5-6-16)20(24-21)14-22-13-19-4-2-3-11-25-19/h9-10,12,14-16,19H,2-6,11,13,21H2,1H3/b22-14?,24-20+. The van der Waals surface area contributed by atoms with Crippen molar-refractivity contribution < 1.29 is 4.74 Å². The lowest BCUT2D eigenvalue weighted by Gasteiger charge is -2.20. The molecule has 132 valence electrons. The normalized spacial score (nSPS) is 22.4. The molecule has 2 heterocycles. The summed E-state index contributed by atoms with van der Waals surface area (Å²) in [7, 11) is 0. The van der Waals surface area contributed by atoms with Crippen molar-refractivity contribution in [1.82, 2.24) is 4.98 Å². The van der Waals surface area contributed by atoms with E-state index in [0.29, 0.717) is 12.5 Å². The number of rotatable bonds is 5. The van der Waals surface area contributed by atoms with Crippen LogP contribution in [-0.4, -0.2) is 36.2 Å². The predicted molar refractivity (Wildman–Crippen MR) is 101 cm³/mol. The predicted octanol–water partition coefficient (Wildman–Crippen LogP) is 2.90. The molecule has 0 spiro atoms. The van der Waals surface area contributed by atoms with Crippen molar-refractivity contribution in [2.45, 2.75) is 51.0 Å². The van der Waals surface area contributed by atoms with Crippen LogP contribution in [0.15, 0.2) is 28.4 Å². The van der Waals surface area contributed by atoms with Gasteiger partial charge in [0.2, 0.25) is 0 Å². The molecule has 2 atom stereocenters. The Bertz CT molecular complexity index is 691. The highest BCUT2D eigenvalue weighted by atomic mass is 16.5. The molecule has 1 saturated heterocycles. The molecule has 2 unspecified atom stereocenters. The third-order valence-electron chi connectivity index (χ3n) is 4.67. The van der Waals surface area contributed by atoms with Crippen molar-refractivity contribution in [2.24, 2.45) is 21.9 Å². The summed E-state index contributed by atoms with van der Waals surface area (Å²) in [5.41, 5.74) is 2.66. The number of nitrogens with zero attached hydrogens (tertiary/aromatic N) is 3. The monoisotopic (exact) mass is 338 g/mol. The number of ether oxygens (including phenoxy) is 1. The first-order chi connectivity index (χ1) is 12.3. The largest absolute Gasteiger partial charge is 0.376 e. The van der Waals surface area contributed by atoms with Gasteiger partial charge in [-0.2, -0.15) is 5.10 Å². The van der Waals surface area contributed by atoms with Crippen LogP contribution < -0.4 is 5.84 Å². The molecule has 5 heteroatoms. The fourth-order valence-corrected chi connectivity index (χ4v) is 2.83. The molecule has 1 aliphatic heterocycles. The quantitative estimate of drug-likeness (QED) is 0.388. The Kier molecular flexibility index (Phi) is 6.19. The average molecular weight is 338 g/mol. The molecule has 0 aromatic carbocycles. The molecule has 1 saturated carbocycles. The van der Waals surface area contributed by atoms with Crippen molar-refractivity contribution >= 4 is 11.9 Å². The molecular formula is C20H26N4O. The minimum atomic E-state index is 0.0468. The Labute approximate surface area is 149 Å². The molecule has 0 bridgehead atoms. The fraction of sp³-hybridized carbons (Fsp3) is 0.550. The molecule has 0 radical (unpaired) electrons. The summed E-state index contributed by atoms with van der Waals surface area (Å²) in [6, 6.07) is 4.00. The highest BCUT2D eigenvalue weighted by molar-refractivity contribution is 6.32. The summed E-state index contributed by atoms with van der Waals surface area (Å²) in [6.45, 7) is 3.58. The summed E-state index contributed by atoms with van der Waals surface area (Å²) in [5, 5.41) is 3.93. The van der Waals surface area contributed by atoms with E-state index >= 15 is 0 Å². The lowest BCUT2D eigenvalue weighted by Crippen LogP contribution is -2.22. The zero-order chi connectivity index (χ0) is 17.5. The van der Waals surface area contributed by atoms with E-state index in [0.717, 1.165) is 36.4 Å². The van der Waals surface area contributed by atoms with Crippen LogP contribution in [0.5, 0.6) is 0 Å². The van der Waals surface area contributed by atoms with Crippen LogP contribution in [-0.2, 0) is 4.74 Å². The first-order valence-electron chi connectivity index (χ1n) is 9.13. The first-order valence-corrected chi connectivity index (χ1v) is 9.13. The molecule has 2 aliphatic rings. The third-order valence-corrected chi connectivity index (χ3v) is 4.67. The van der Waals surface area contributed by atoms with Gasteiger partial charge in [-0.1, -0.05) is 12.8 Å². The maximum atomic E-state index is 5.70. The van der Waals surface area contributed by atoms with Crippen molar-refractivity contribution in [1.29, 1.82) is 0 Å². The van der Waals surface area contributed by atoms with Gasteiger partial charge in [0.05, 0.1) is 18.4 Å². The molecule has 2 fully saturated rings. The van der Waals surface area contributed by atoms with Gasteiger partial charge in [0.15, 0.2) is 0 Å². The van der Waals surface area contributed by atoms with E-state index in [-0.39, 0.29) is 12.0 Å². The molecule has 1 aromatic rings. The van der Waals surface area contributed by atoms with Gasteiger partial charge >= 0.3 is 0 Å². The summed E-state index contributed by atoms with van der Waals surface area (Å²) < 4.78 is 5.70. The van der Waals surface area contributed by atoms with Gasteiger partial charge in [-0.05, 0) is 55.7 Å². The SMILES string of the molecule is CC(/C(C=NCC1CCCCO1)=N/N)c1ccnc(C#CC2CC2)c1. The zero-order valence-corrected chi connectivity index (χ0v) is 14.8. The van der Waals surface area contributed by atoms with E-state index in [1.165, 1.54) is 19.3 Å². The highest BCUT2D eigenvalue weighted by Gasteiger charge is 2.18. The van der Waals surface area contributed by atoms with Crippen molar-refractivity contribution in [3.05, 3.63) is 29.6 Å². The Balaban J connectivity index is 1.62. The number of pyridine rings is 1. The van der Waals surface area contributed by atoms with Crippen LogP contribution in [0.2, 0.25) is 0 Å². The number of hydrogen-bond donors (Lipinski definition) is 1. The summed E-state index contributed by atoms with van der Waals surface area (Å²) in [6.07, 6.45) is 9.68. The molecule has 0 amide bonds. The van der Waals surface area contributed by atoms with Crippen LogP contribution in [0, 0.1) is 17.8 Å². The van der Waals surface area contributed by atoms with Crippen LogP contribution in [0.4, 0.5) is 0 Å². The number of hydrazone groups is 1. The van der Waals surface area contributed by atoms with Crippen molar-refractivity contribution in [3.8, 4) is 11.8 Å². The minimum Gasteiger partial charge on any atom is -0.376 e. The van der Waals surface area contributed by atoms with Crippen molar-refractivity contribution in [2.75, 3.05) is 13.2 Å². The number of aromatic nitrogens is 1. The molecule has 1 aliphatic carbocycles. The van der Waals surface area contributed by atoms with E-state index < -0.39 is 0 Å². The van der Waals surface area contributed by atoms with Gasteiger partial charge in [0.1, 0.15) is 5.69 Å². The Morgan fingerprint density at radius 2 is 2.32 bits per heavy atom. The molecule has 1 aromatic heterocycles. The van der Waals surface area contributed by atoms with Crippen LogP contribution in [0.3, 0.4) is 0 Å². The van der Waals surface area contributed by atoms with Gasteiger partial charge in [-0.25, -0.2) is 4.98 Å². The fourth-order valence-electron chi connectivity index (χ4n) is 2.83. The first kappa shape index (κ1) is 17.6. The van der Waals surface area contributed by atoms with Gasteiger partial charge in [0, 0.05) is 30.9 Å². The number of hydrogen-bond acceptors (Lipinski definition) is 5. The minimum absolute atomic E-state index is 0.0468. The smallest absolute Gasteiger partial charge is 0.113 e. The molecule has 5 nitrogen and oxygen atoms in total. The lowest BCUT2D eigenvalue weighted by atomic mass is 9.97. The maximum absolute atomic E-state index is 5.70. The van der Waals surface area contributed by atoms with E-state index in [1.807, 2.05) is 12.1 Å². The highest BCUT2D eigenvalue weighted by Crippen LogP contribution is 2.27. The lowest BCUT2D eigenvalue weighted by molar-refractivity contribution is 0.0226. The summed E-state index contributed by atoms with van der Waals surface area (Å²) >= 11 is 0. The summed E-state index contributed by atoms with van der Waals surface area (Å²) in [5.74, 6) is 12.6. The molecule has 3 rings (SSSR count). The van der Waals surface area contributed by atoms with Crippen LogP contribution >= 0.6 is 0 Å². The zero-order valence-electron chi connectivity index (χ0n) is 14.8. The van der Waals surface area contributed by atoms with Crippen LogP contribution in [0.25, 0.3) is 0 Å².